The van der Waals surface area contributed by atoms with E-state index in [0.717, 1.165) is 11.1 Å². The molecule has 48 heavy (non-hydrogen) atoms. The predicted octanol–water partition coefficient (Wildman–Crippen LogP) is 1.58. The Morgan fingerprint density at radius 2 is 1.56 bits per heavy atom. The molecule has 2 aromatic carbocycles. The van der Waals surface area contributed by atoms with Crippen LogP contribution in [-0.2, 0) is 46.2 Å². The molecule has 0 aromatic heterocycles. The first kappa shape index (κ1) is 39.8. The van der Waals surface area contributed by atoms with Gasteiger partial charge < -0.3 is 31.5 Å². The maximum atomic E-state index is 13.6. The highest BCUT2D eigenvalue weighted by molar-refractivity contribution is 7.88. The van der Waals surface area contributed by atoms with Gasteiger partial charge in [-0.2, -0.15) is 0 Å². The van der Waals surface area contributed by atoms with Crippen molar-refractivity contribution in [3.05, 3.63) is 71.3 Å². The number of unbranched alkanes of at least 4 members (excludes halogenated alkanes) is 1. The number of aliphatic imine (C=N–C) groups is 1. The summed E-state index contributed by atoms with van der Waals surface area (Å²) < 4.78 is 34.4. The van der Waals surface area contributed by atoms with Crippen molar-refractivity contribution in [1.29, 1.82) is 0 Å². The Morgan fingerprint density at radius 1 is 0.896 bits per heavy atom. The van der Waals surface area contributed by atoms with Crippen molar-refractivity contribution in [1.82, 2.24) is 20.7 Å². The van der Waals surface area contributed by atoms with Gasteiger partial charge in [-0.3, -0.25) is 24.2 Å². The average Bonchev–Trinajstić information content (AvgIpc) is 3.03. The largest absolute Gasteiger partial charge is 0.481 e. The van der Waals surface area contributed by atoms with Gasteiger partial charge in [-0.1, -0.05) is 54.6 Å². The van der Waals surface area contributed by atoms with Crippen LogP contribution in [0.2, 0.25) is 0 Å². The molecule has 2 rings (SSSR count). The van der Waals surface area contributed by atoms with Crippen LogP contribution in [0.3, 0.4) is 0 Å². The van der Waals surface area contributed by atoms with Crippen LogP contribution >= 0.6 is 0 Å². The molecule has 0 unspecified atom stereocenters. The standard InChI is InChI=1S/C33H48N6O8S/c1-33(2,3)47-21-27(39-48(45,46)22-24-10-6-5-7-11-24)32(44)38-26(12-8-9-19-36-28(40)17-18-29(41)42)31(43)37-20-23-13-15-25(16-14-23)30(34)35-4/h5-7,10-11,13-16,26-27,39H,8-9,12,17-22H2,1-4H3,(H2,34,35)(H,36,40)(H,37,43)(H,38,44)(H,41,42)/t26-,27+/m0/s1. The summed E-state index contributed by atoms with van der Waals surface area (Å²) in [5.41, 5.74) is 7.20. The first-order chi connectivity index (χ1) is 22.6. The van der Waals surface area contributed by atoms with E-state index in [9.17, 15) is 27.6 Å². The summed E-state index contributed by atoms with van der Waals surface area (Å²) in [7, 11) is -2.41. The fourth-order valence-electron chi connectivity index (χ4n) is 4.33. The summed E-state index contributed by atoms with van der Waals surface area (Å²) in [5.74, 6) is -2.69. The quantitative estimate of drug-likeness (QED) is 0.0675. The van der Waals surface area contributed by atoms with Crippen molar-refractivity contribution in [2.24, 2.45) is 10.7 Å². The minimum Gasteiger partial charge on any atom is -0.481 e. The van der Waals surface area contributed by atoms with E-state index in [1.54, 1.807) is 82.4 Å². The first-order valence-corrected chi connectivity index (χ1v) is 17.3. The molecule has 0 bridgehead atoms. The topological polar surface area (TPSA) is 218 Å². The van der Waals surface area contributed by atoms with Gasteiger partial charge in [-0.25, -0.2) is 13.1 Å². The number of carbonyl (C=O) groups excluding carboxylic acids is 3. The number of hydrogen-bond acceptors (Lipinski definition) is 8. The molecule has 7 N–H and O–H groups in total. The van der Waals surface area contributed by atoms with Gasteiger partial charge in [0, 0.05) is 32.1 Å². The van der Waals surface area contributed by atoms with E-state index < -0.39 is 51.4 Å². The van der Waals surface area contributed by atoms with E-state index >= 15 is 0 Å². The second kappa shape index (κ2) is 19.5. The van der Waals surface area contributed by atoms with Gasteiger partial charge in [0.25, 0.3) is 0 Å². The molecule has 0 spiro atoms. The normalized spacial score (nSPS) is 13.3. The Morgan fingerprint density at radius 3 is 2.17 bits per heavy atom. The number of sulfonamides is 1. The van der Waals surface area contributed by atoms with Crippen LogP contribution in [0.4, 0.5) is 0 Å². The molecule has 3 amide bonds. The number of nitrogens with one attached hydrogen (secondary N) is 4. The number of amides is 3. The number of aliphatic carboxylic acids is 1. The van der Waals surface area contributed by atoms with E-state index in [1.165, 1.54) is 0 Å². The van der Waals surface area contributed by atoms with Crippen LogP contribution in [0.1, 0.15) is 69.6 Å². The maximum absolute atomic E-state index is 13.6. The lowest BCUT2D eigenvalue weighted by molar-refractivity contribution is -0.138. The average molecular weight is 689 g/mol. The molecule has 0 heterocycles. The zero-order valence-corrected chi connectivity index (χ0v) is 28.8. The molecule has 0 aliphatic rings. The van der Waals surface area contributed by atoms with Gasteiger partial charge >= 0.3 is 5.97 Å². The second-order valence-corrected chi connectivity index (χ2v) is 13.9. The predicted molar refractivity (Wildman–Crippen MR) is 182 cm³/mol. The summed E-state index contributed by atoms with van der Waals surface area (Å²) in [6, 6.07) is 13.3. The van der Waals surface area contributed by atoms with Crippen LogP contribution in [-0.4, -0.2) is 80.9 Å². The van der Waals surface area contributed by atoms with Gasteiger partial charge in [0.1, 0.15) is 17.9 Å². The molecule has 14 nitrogen and oxygen atoms in total. The smallest absolute Gasteiger partial charge is 0.303 e. The molecule has 2 atom stereocenters. The minimum absolute atomic E-state index is 0.145. The molecule has 0 saturated carbocycles. The second-order valence-electron chi connectivity index (χ2n) is 12.2. The lowest BCUT2D eigenvalue weighted by Crippen LogP contribution is -2.55. The van der Waals surface area contributed by atoms with Crippen LogP contribution < -0.4 is 26.4 Å². The van der Waals surface area contributed by atoms with Crippen molar-refractivity contribution >= 4 is 39.5 Å². The van der Waals surface area contributed by atoms with Gasteiger partial charge in [-0.05, 0) is 51.2 Å². The lowest BCUT2D eigenvalue weighted by atomic mass is 10.1. The molecular formula is C33H48N6O8S. The summed E-state index contributed by atoms with van der Waals surface area (Å²) >= 11 is 0. The molecule has 2 aromatic rings. The van der Waals surface area contributed by atoms with E-state index in [-0.39, 0.29) is 44.7 Å². The minimum atomic E-state index is -3.99. The van der Waals surface area contributed by atoms with Crippen molar-refractivity contribution < 1.29 is 37.4 Å². The summed E-state index contributed by atoms with van der Waals surface area (Å²) in [4.78, 5) is 53.5. The number of hydrogen-bond donors (Lipinski definition) is 6. The number of nitrogens with zero attached hydrogens (tertiary/aromatic N) is 1. The van der Waals surface area contributed by atoms with Crippen molar-refractivity contribution in [3.63, 3.8) is 0 Å². The van der Waals surface area contributed by atoms with Gasteiger partial charge in [-0.15, -0.1) is 0 Å². The Labute approximate surface area is 282 Å². The first-order valence-electron chi connectivity index (χ1n) is 15.6. The zero-order chi connectivity index (χ0) is 35.7. The summed E-state index contributed by atoms with van der Waals surface area (Å²) in [6.07, 6.45) is 0.602. The number of carboxylic acid groups (broad SMARTS) is 1. The fraction of sp³-hybridized carbons (Fsp3) is 0.485. The molecule has 15 heteroatoms. The van der Waals surface area contributed by atoms with E-state index in [1.807, 2.05) is 0 Å². The molecule has 0 saturated heterocycles. The summed E-state index contributed by atoms with van der Waals surface area (Å²) in [5, 5.41) is 16.9. The number of nitrogens with two attached hydrogens (primary N) is 1. The number of benzene rings is 2. The van der Waals surface area contributed by atoms with Crippen LogP contribution in [0, 0.1) is 0 Å². The maximum Gasteiger partial charge on any atom is 0.303 e. The molecule has 0 aliphatic carbocycles. The molecular weight excluding hydrogens is 640 g/mol. The highest BCUT2D eigenvalue weighted by atomic mass is 32.2. The number of amidine groups is 1. The van der Waals surface area contributed by atoms with E-state index in [4.69, 9.17) is 15.6 Å². The number of carboxylic acids is 1. The molecule has 264 valence electrons. The Kier molecular flexibility index (Phi) is 16.2. The van der Waals surface area contributed by atoms with E-state index in [0.29, 0.717) is 24.2 Å². The van der Waals surface area contributed by atoms with Gasteiger partial charge in [0.15, 0.2) is 0 Å². The third kappa shape index (κ3) is 16.0. The monoisotopic (exact) mass is 688 g/mol. The highest BCUT2D eigenvalue weighted by Gasteiger charge is 2.30. The molecule has 0 aliphatic heterocycles. The lowest BCUT2D eigenvalue weighted by Gasteiger charge is -2.26. The Balaban J connectivity index is 2.16. The third-order valence-electron chi connectivity index (χ3n) is 6.92. The Hall–Kier alpha value is -4.34. The number of rotatable bonds is 20. The van der Waals surface area contributed by atoms with Crippen LogP contribution in [0.25, 0.3) is 0 Å². The van der Waals surface area contributed by atoms with E-state index in [2.05, 4.69) is 25.7 Å². The fourth-order valence-corrected chi connectivity index (χ4v) is 5.66. The van der Waals surface area contributed by atoms with Crippen molar-refractivity contribution in [3.8, 4) is 0 Å². The number of carbonyl (C=O) groups is 4. The molecule has 0 radical (unpaired) electrons. The van der Waals surface area contributed by atoms with Gasteiger partial charge in [0.05, 0.1) is 24.4 Å². The van der Waals surface area contributed by atoms with Crippen molar-refractivity contribution in [2.75, 3.05) is 20.2 Å². The van der Waals surface area contributed by atoms with Crippen molar-refractivity contribution in [2.45, 2.75) is 82.9 Å². The van der Waals surface area contributed by atoms with Gasteiger partial charge in [0.2, 0.25) is 27.7 Å². The SMILES string of the molecule is CN=C(N)c1ccc(CNC(=O)[C@H](CCCCNC(=O)CCC(=O)O)NC(=O)[C@@H](COC(C)(C)C)NS(=O)(=O)Cc2ccccc2)cc1. The highest BCUT2D eigenvalue weighted by Crippen LogP contribution is 2.11. The van der Waals surface area contributed by atoms with Crippen LogP contribution in [0.5, 0.6) is 0 Å². The Bertz CT molecular complexity index is 1490. The summed E-state index contributed by atoms with van der Waals surface area (Å²) in [6.45, 7) is 5.43. The van der Waals surface area contributed by atoms with Crippen LogP contribution in [0.15, 0.2) is 59.6 Å². The zero-order valence-electron chi connectivity index (χ0n) is 28.0. The molecule has 0 fully saturated rings. The number of ether oxygens (including phenoxy) is 1. The third-order valence-corrected chi connectivity index (χ3v) is 8.28.